The molecular formula is C13H23NO3. The first-order valence-electron chi connectivity index (χ1n) is 6.64. The number of nitrogens with zero attached hydrogens (tertiary/aromatic N) is 1. The molecule has 2 saturated heterocycles. The average Bonchev–Trinajstić information content (AvgIpc) is 2.58. The van der Waals surface area contributed by atoms with Gasteiger partial charge in [-0.2, -0.15) is 0 Å². The zero-order valence-electron chi connectivity index (χ0n) is 11.0. The van der Waals surface area contributed by atoms with Gasteiger partial charge in [-0.1, -0.05) is 13.8 Å². The van der Waals surface area contributed by atoms with Gasteiger partial charge in [0.15, 0.2) is 0 Å². The quantitative estimate of drug-likeness (QED) is 0.761. The number of ether oxygens (including phenoxy) is 2. The fourth-order valence-electron chi connectivity index (χ4n) is 2.77. The Kier molecular flexibility index (Phi) is 3.92. The van der Waals surface area contributed by atoms with Gasteiger partial charge < -0.3 is 14.4 Å². The summed E-state index contributed by atoms with van der Waals surface area (Å²) in [6, 6.07) is 0.199. The predicted molar refractivity (Wildman–Crippen MR) is 64.8 cm³/mol. The van der Waals surface area contributed by atoms with Crippen LogP contribution in [-0.4, -0.2) is 42.9 Å². The van der Waals surface area contributed by atoms with Crippen molar-refractivity contribution in [3.63, 3.8) is 0 Å². The minimum absolute atomic E-state index is 0.0438. The van der Waals surface area contributed by atoms with E-state index in [1.807, 2.05) is 4.90 Å². The van der Waals surface area contributed by atoms with E-state index in [1.54, 1.807) is 0 Å². The highest BCUT2D eigenvalue weighted by atomic mass is 16.6. The number of rotatable bonds is 3. The standard InChI is InChI=1S/C13H23NO3/c1-9(2)12-10(3)14(13(15)17-12)8-11-4-6-16-7-5-11/h9-12H,4-8H2,1-3H3/t10-,12-/m1/s1. The van der Waals surface area contributed by atoms with Crippen LogP contribution in [0.3, 0.4) is 0 Å². The maximum Gasteiger partial charge on any atom is 0.410 e. The molecule has 2 fully saturated rings. The first-order chi connectivity index (χ1) is 8.09. The van der Waals surface area contributed by atoms with Crippen molar-refractivity contribution in [2.24, 2.45) is 11.8 Å². The van der Waals surface area contributed by atoms with Gasteiger partial charge in [0.2, 0.25) is 0 Å². The molecule has 0 aromatic carbocycles. The van der Waals surface area contributed by atoms with Gasteiger partial charge in [-0.15, -0.1) is 0 Å². The molecule has 0 aliphatic carbocycles. The topological polar surface area (TPSA) is 38.8 Å². The lowest BCUT2D eigenvalue weighted by Gasteiger charge is -2.29. The van der Waals surface area contributed by atoms with Crippen LogP contribution >= 0.6 is 0 Å². The van der Waals surface area contributed by atoms with E-state index >= 15 is 0 Å². The van der Waals surface area contributed by atoms with Gasteiger partial charge in [0.05, 0.1) is 6.04 Å². The maximum atomic E-state index is 11.8. The first-order valence-corrected chi connectivity index (χ1v) is 6.64. The highest BCUT2D eigenvalue weighted by molar-refractivity contribution is 5.70. The van der Waals surface area contributed by atoms with E-state index in [4.69, 9.17) is 9.47 Å². The van der Waals surface area contributed by atoms with E-state index in [0.29, 0.717) is 11.8 Å². The number of carbonyl (C=O) groups excluding carboxylic acids is 1. The van der Waals surface area contributed by atoms with Crippen LogP contribution in [-0.2, 0) is 9.47 Å². The summed E-state index contributed by atoms with van der Waals surface area (Å²) in [4.78, 5) is 13.7. The number of hydrogen-bond acceptors (Lipinski definition) is 3. The first kappa shape index (κ1) is 12.7. The Bertz CT molecular complexity index is 274. The molecule has 4 heteroatoms. The van der Waals surface area contributed by atoms with Crippen LogP contribution in [0, 0.1) is 11.8 Å². The van der Waals surface area contributed by atoms with Gasteiger partial charge in [0.25, 0.3) is 0 Å². The second-order valence-corrected chi connectivity index (χ2v) is 5.54. The molecule has 0 saturated carbocycles. The van der Waals surface area contributed by atoms with Crippen molar-refractivity contribution in [3.05, 3.63) is 0 Å². The van der Waals surface area contributed by atoms with Crippen LogP contribution in [0.1, 0.15) is 33.6 Å². The van der Waals surface area contributed by atoms with Crippen molar-refractivity contribution >= 4 is 6.09 Å². The van der Waals surface area contributed by atoms with E-state index in [0.717, 1.165) is 32.6 Å². The number of hydrogen-bond donors (Lipinski definition) is 0. The molecule has 0 spiro atoms. The van der Waals surface area contributed by atoms with Crippen molar-refractivity contribution in [2.75, 3.05) is 19.8 Å². The molecule has 4 nitrogen and oxygen atoms in total. The van der Waals surface area contributed by atoms with Crippen LogP contribution in [0.5, 0.6) is 0 Å². The van der Waals surface area contributed by atoms with Gasteiger partial charge in [0, 0.05) is 19.8 Å². The van der Waals surface area contributed by atoms with Gasteiger partial charge in [-0.3, -0.25) is 0 Å². The van der Waals surface area contributed by atoms with Crippen molar-refractivity contribution in [1.82, 2.24) is 4.90 Å². The Morgan fingerprint density at radius 2 is 2.00 bits per heavy atom. The molecule has 0 radical (unpaired) electrons. The fourth-order valence-corrected chi connectivity index (χ4v) is 2.77. The zero-order chi connectivity index (χ0) is 12.4. The van der Waals surface area contributed by atoms with Crippen molar-refractivity contribution in [3.8, 4) is 0 Å². The van der Waals surface area contributed by atoms with Crippen molar-refractivity contribution in [1.29, 1.82) is 0 Å². The Morgan fingerprint density at radius 3 is 2.53 bits per heavy atom. The molecule has 2 heterocycles. The normalized spacial score (nSPS) is 31.1. The summed E-state index contributed by atoms with van der Waals surface area (Å²) in [7, 11) is 0. The Morgan fingerprint density at radius 1 is 1.35 bits per heavy atom. The van der Waals surface area contributed by atoms with Crippen LogP contribution in [0.15, 0.2) is 0 Å². The molecule has 2 atom stereocenters. The van der Waals surface area contributed by atoms with Crippen LogP contribution in [0.2, 0.25) is 0 Å². The highest BCUT2D eigenvalue weighted by Gasteiger charge is 2.41. The monoisotopic (exact) mass is 241 g/mol. The van der Waals surface area contributed by atoms with Gasteiger partial charge in [0.1, 0.15) is 6.10 Å². The van der Waals surface area contributed by atoms with Crippen LogP contribution < -0.4 is 0 Å². The lowest BCUT2D eigenvalue weighted by molar-refractivity contribution is 0.0546. The fraction of sp³-hybridized carbons (Fsp3) is 0.923. The maximum absolute atomic E-state index is 11.8. The summed E-state index contributed by atoms with van der Waals surface area (Å²) in [5.41, 5.74) is 0. The van der Waals surface area contributed by atoms with E-state index < -0.39 is 0 Å². The predicted octanol–water partition coefficient (Wildman–Crippen LogP) is 2.28. The average molecular weight is 241 g/mol. The molecular weight excluding hydrogens is 218 g/mol. The number of amides is 1. The molecule has 0 N–H and O–H groups in total. The largest absolute Gasteiger partial charge is 0.444 e. The minimum atomic E-state index is -0.136. The molecule has 98 valence electrons. The number of carbonyl (C=O) groups is 1. The summed E-state index contributed by atoms with van der Waals surface area (Å²) < 4.78 is 10.8. The van der Waals surface area contributed by atoms with Gasteiger partial charge >= 0.3 is 6.09 Å². The second kappa shape index (κ2) is 5.25. The summed E-state index contributed by atoms with van der Waals surface area (Å²) >= 11 is 0. The molecule has 0 aromatic heterocycles. The molecule has 1 amide bonds. The summed E-state index contributed by atoms with van der Waals surface area (Å²) in [5, 5.41) is 0. The Hall–Kier alpha value is -0.770. The van der Waals surface area contributed by atoms with E-state index in [9.17, 15) is 4.79 Å². The molecule has 0 unspecified atom stereocenters. The number of cyclic esters (lactones) is 1. The molecule has 0 aromatic rings. The van der Waals surface area contributed by atoms with E-state index in [2.05, 4.69) is 20.8 Å². The lowest BCUT2D eigenvalue weighted by Crippen LogP contribution is -2.40. The lowest BCUT2D eigenvalue weighted by atomic mass is 9.97. The van der Waals surface area contributed by atoms with Crippen molar-refractivity contribution in [2.45, 2.75) is 45.8 Å². The Balaban J connectivity index is 1.93. The molecule has 17 heavy (non-hydrogen) atoms. The third kappa shape index (κ3) is 2.73. The third-order valence-electron chi connectivity index (χ3n) is 3.89. The van der Waals surface area contributed by atoms with E-state index in [1.165, 1.54) is 0 Å². The van der Waals surface area contributed by atoms with Crippen molar-refractivity contribution < 1.29 is 14.3 Å². The Labute approximate surface area is 103 Å². The van der Waals surface area contributed by atoms with Gasteiger partial charge in [-0.05, 0) is 31.6 Å². The smallest absolute Gasteiger partial charge is 0.410 e. The second-order valence-electron chi connectivity index (χ2n) is 5.54. The van der Waals surface area contributed by atoms with Crippen LogP contribution in [0.25, 0.3) is 0 Å². The summed E-state index contributed by atoms with van der Waals surface area (Å²) in [6.45, 7) is 8.78. The van der Waals surface area contributed by atoms with Crippen LogP contribution in [0.4, 0.5) is 4.79 Å². The molecule has 2 aliphatic rings. The van der Waals surface area contributed by atoms with E-state index in [-0.39, 0.29) is 18.2 Å². The minimum Gasteiger partial charge on any atom is -0.444 e. The highest BCUT2D eigenvalue weighted by Crippen LogP contribution is 2.27. The zero-order valence-corrected chi connectivity index (χ0v) is 11.0. The summed E-state index contributed by atoms with van der Waals surface area (Å²) in [6.07, 6.45) is 2.02. The van der Waals surface area contributed by atoms with Gasteiger partial charge in [-0.25, -0.2) is 4.79 Å². The molecule has 2 aliphatic heterocycles. The molecule has 0 bridgehead atoms. The SMILES string of the molecule is CC(C)[C@H]1OC(=O)N(CC2CCOCC2)[C@@H]1C. The third-order valence-corrected chi connectivity index (χ3v) is 3.89. The molecule has 2 rings (SSSR count). The summed E-state index contributed by atoms with van der Waals surface area (Å²) in [5.74, 6) is 0.957.